The van der Waals surface area contributed by atoms with E-state index in [0.717, 1.165) is 6.42 Å². The molecule has 5 nitrogen and oxygen atoms in total. The normalized spacial score (nSPS) is 10.4. The molecule has 0 spiro atoms. The van der Waals surface area contributed by atoms with Gasteiger partial charge in [-0.2, -0.15) is 0 Å². The molecule has 5 heteroatoms. The molecule has 0 aromatic rings. The summed E-state index contributed by atoms with van der Waals surface area (Å²) in [5.41, 5.74) is 0. The lowest BCUT2D eigenvalue weighted by Crippen LogP contribution is -2.32. The van der Waals surface area contributed by atoms with Gasteiger partial charge in [0.1, 0.15) is 5.78 Å². The topological polar surface area (TPSA) is 55.8 Å². The number of nitrogens with zero attached hydrogens (tertiary/aromatic N) is 1. The summed E-state index contributed by atoms with van der Waals surface area (Å²) in [6.45, 7) is 8.59. The van der Waals surface area contributed by atoms with Crippen molar-refractivity contribution < 1.29 is 19.1 Å². The highest BCUT2D eigenvalue weighted by Gasteiger charge is 2.04. The van der Waals surface area contributed by atoms with Gasteiger partial charge in [-0.25, -0.2) is 0 Å². The lowest BCUT2D eigenvalue weighted by atomic mass is 10.2. The van der Waals surface area contributed by atoms with Crippen LogP contribution < -0.4 is 0 Å². The summed E-state index contributed by atoms with van der Waals surface area (Å²) in [5, 5.41) is 0. The number of ether oxygens (including phenoxy) is 2. The molecule has 0 bridgehead atoms. The van der Waals surface area contributed by atoms with Gasteiger partial charge in [0, 0.05) is 33.0 Å². The summed E-state index contributed by atoms with van der Waals surface area (Å²) >= 11 is 0. The van der Waals surface area contributed by atoms with E-state index in [1.165, 1.54) is 0 Å². The van der Waals surface area contributed by atoms with E-state index in [1.807, 2.05) is 6.92 Å². The molecule has 0 rings (SSSR count). The molecule has 18 heavy (non-hydrogen) atoms. The van der Waals surface area contributed by atoms with Crippen LogP contribution in [-0.4, -0.2) is 56.1 Å². The van der Waals surface area contributed by atoms with Gasteiger partial charge in [0.05, 0.1) is 19.8 Å². The number of carbonyl (C=O) groups excluding carboxylic acids is 2. The Morgan fingerprint density at radius 3 is 2.11 bits per heavy atom. The predicted molar refractivity (Wildman–Crippen MR) is 69.5 cm³/mol. The maximum absolute atomic E-state index is 11.1. The molecule has 0 N–H and O–H groups in total. The van der Waals surface area contributed by atoms with E-state index in [1.54, 1.807) is 18.7 Å². The van der Waals surface area contributed by atoms with Crippen LogP contribution in [0.3, 0.4) is 0 Å². The smallest absolute Gasteiger partial charge is 0.219 e. The minimum Gasteiger partial charge on any atom is -0.379 e. The second kappa shape index (κ2) is 11.2. The Kier molecular flexibility index (Phi) is 10.6. The van der Waals surface area contributed by atoms with E-state index < -0.39 is 0 Å². The molecule has 0 heterocycles. The van der Waals surface area contributed by atoms with Gasteiger partial charge < -0.3 is 19.2 Å². The van der Waals surface area contributed by atoms with Crippen LogP contribution >= 0.6 is 0 Å². The van der Waals surface area contributed by atoms with Crippen LogP contribution in [0.1, 0.15) is 33.6 Å². The second-order valence-electron chi connectivity index (χ2n) is 4.13. The molecule has 0 saturated heterocycles. The zero-order chi connectivity index (χ0) is 13.8. The van der Waals surface area contributed by atoms with Crippen molar-refractivity contribution in [3.05, 3.63) is 0 Å². The van der Waals surface area contributed by atoms with Crippen molar-refractivity contribution in [2.75, 3.05) is 39.5 Å². The Bertz CT molecular complexity index is 243. The summed E-state index contributed by atoms with van der Waals surface area (Å²) in [4.78, 5) is 23.5. The molecular formula is C13H25NO4. The van der Waals surface area contributed by atoms with E-state index in [2.05, 4.69) is 0 Å². The average Bonchev–Trinajstić information content (AvgIpc) is 2.31. The van der Waals surface area contributed by atoms with E-state index in [9.17, 15) is 9.59 Å². The Balaban J connectivity index is 3.25. The highest BCUT2D eigenvalue weighted by Crippen LogP contribution is 1.92. The molecular weight excluding hydrogens is 234 g/mol. The first-order chi connectivity index (χ1) is 8.57. The number of hydrogen-bond acceptors (Lipinski definition) is 4. The monoisotopic (exact) mass is 259 g/mol. The molecule has 0 aromatic heterocycles. The minimum atomic E-state index is 0.0709. The lowest BCUT2D eigenvalue weighted by molar-refractivity contribution is -0.129. The van der Waals surface area contributed by atoms with E-state index in [-0.39, 0.29) is 11.7 Å². The van der Waals surface area contributed by atoms with Crippen molar-refractivity contribution >= 4 is 11.7 Å². The third-order valence-corrected chi connectivity index (χ3v) is 2.52. The number of ketones is 1. The largest absolute Gasteiger partial charge is 0.379 e. The predicted octanol–water partition coefficient (Wildman–Crippen LogP) is 1.26. The molecule has 0 aromatic carbocycles. The molecule has 0 aliphatic heterocycles. The van der Waals surface area contributed by atoms with Gasteiger partial charge in [-0.05, 0) is 20.3 Å². The summed E-state index contributed by atoms with van der Waals surface area (Å²) in [5.74, 6) is 0.264. The fourth-order valence-electron chi connectivity index (χ4n) is 1.46. The molecule has 0 unspecified atom stereocenters. The molecule has 0 aliphatic carbocycles. The van der Waals surface area contributed by atoms with E-state index >= 15 is 0 Å². The number of carbonyl (C=O) groups is 2. The van der Waals surface area contributed by atoms with Crippen LogP contribution in [0.25, 0.3) is 0 Å². The molecule has 0 fully saturated rings. The number of amides is 1. The van der Waals surface area contributed by atoms with Crippen LogP contribution in [0.15, 0.2) is 0 Å². The maximum Gasteiger partial charge on any atom is 0.219 e. The standard InChI is InChI=1S/C13H25NO4/c1-4-14(13(3)16)7-9-18-11-10-17-8-5-6-12(2)15/h4-11H2,1-3H3. The zero-order valence-electron chi connectivity index (χ0n) is 11.7. The van der Waals surface area contributed by atoms with Gasteiger partial charge >= 0.3 is 0 Å². The fourth-order valence-corrected chi connectivity index (χ4v) is 1.46. The van der Waals surface area contributed by atoms with Crippen molar-refractivity contribution in [3.8, 4) is 0 Å². The van der Waals surface area contributed by atoms with Crippen LogP contribution in [0.4, 0.5) is 0 Å². The molecule has 106 valence electrons. The average molecular weight is 259 g/mol. The van der Waals surface area contributed by atoms with Gasteiger partial charge in [-0.15, -0.1) is 0 Å². The lowest BCUT2D eigenvalue weighted by Gasteiger charge is -2.18. The third-order valence-electron chi connectivity index (χ3n) is 2.52. The highest BCUT2D eigenvalue weighted by atomic mass is 16.5. The zero-order valence-corrected chi connectivity index (χ0v) is 11.7. The van der Waals surface area contributed by atoms with E-state index in [0.29, 0.717) is 45.9 Å². The van der Waals surface area contributed by atoms with Crippen LogP contribution in [0.2, 0.25) is 0 Å². The molecule has 0 atom stereocenters. The third kappa shape index (κ3) is 10.2. The quantitative estimate of drug-likeness (QED) is 0.524. The Labute approximate surface area is 109 Å². The van der Waals surface area contributed by atoms with Crippen LogP contribution in [0.5, 0.6) is 0 Å². The van der Waals surface area contributed by atoms with Crippen LogP contribution in [-0.2, 0) is 19.1 Å². The Morgan fingerprint density at radius 1 is 1.00 bits per heavy atom. The first-order valence-electron chi connectivity index (χ1n) is 6.48. The fraction of sp³-hybridized carbons (Fsp3) is 0.846. The van der Waals surface area contributed by atoms with Crippen molar-refractivity contribution in [3.63, 3.8) is 0 Å². The van der Waals surface area contributed by atoms with Crippen molar-refractivity contribution in [2.24, 2.45) is 0 Å². The SMILES string of the molecule is CCN(CCOCCOCCCC(C)=O)C(C)=O. The van der Waals surface area contributed by atoms with Gasteiger partial charge in [0.25, 0.3) is 0 Å². The van der Waals surface area contributed by atoms with Gasteiger partial charge in [0.2, 0.25) is 5.91 Å². The number of rotatable bonds is 11. The molecule has 0 radical (unpaired) electrons. The first kappa shape index (κ1) is 17.1. The number of Topliss-reactive ketones (excluding diaryl/α,β-unsaturated/α-hetero) is 1. The van der Waals surface area contributed by atoms with Crippen molar-refractivity contribution in [1.82, 2.24) is 4.90 Å². The Morgan fingerprint density at radius 2 is 1.61 bits per heavy atom. The van der Waals surface area contributed by atoms with Gasteiger partial charge in [-0.3, -0.25) is 4.79 Å². The van der Waals surface area contributed by atoms with Crippen LogP contribution in [0, 0.1) is 0 Å². The van der Waals surface area contributed by atoms with Crippen molar-refractivity contribution in [1.29, 1.82) is 0 Å². The van der Waals surface area contributed by atoms with Gasteiger partial charge in [0.15, 0.2) is 0 Å². The maximum atomic E-state index is 11.1. The second-order valence-corrected chi connectivity index (χ2v) is 4.13. The summed E-state index contributed by atoms with van der Waals surface area (Å²) in [7, 11) is 0. The highest BCUT2D eigenvalue weighted by molar-refractivity contribution is 5.75. The molecule has 0 aliphatic rings. The summed E-state index contributed by atoms with van der Waals surface area (Å²) in [6, 6.07) is 0. The molecule has 0 saturated carbocycles. The first-order valence-corrected chi connectivity index (χ1v) is 6.48. The number of hydrogen-bond donors (Lipinski definition) is 0. The van der Waals surface area contributed by atoms with Gasteiger partial charge in [-0.1, -0.05) is 0 Å². The summed E-state index contributed by atoms with van der Waals surface area (Å²) < 4.78 is 10.7. The Hall–Kier alpha value is -0.940. The number of likely N-dealkylation sites (N-methyl/N-ethyl adjacent to an activating group) is 1. The van der Waals surface area contributed by atoms with E-state index in [4.69, 9.17) is 9.47 Å². The minimum absolute atomic E-state index is 0.0709. The molecule has 1 amide bonds. The van der Waals surface area contributed by atoms with Crippen molar-refractivity contribution in [2.45, 2.75) is 33.6 Å². The summed E-state index contributed by atoms with van der Waals surface area (Å²) in [6.07, 6.45) is 1.34.